The maximum absolute atomic E-state index is 12.0. The van der Waals surface area contributed by atoms with Crippen LogP contribution in [0.15, 0.2) is 30.5 Å². The van der Waals surface area contributed by atoms with E-state index in [2.05, 4.69) is 10.3 Å². The average Bonchev–Trinajstić information content (AvgIpc) is 2.87. The van der Waals surface area contributed by atoms with E-state index in [1.165, 1.54) is 13.3 Å². The third-order valence-corrected chi connectivity index (χ3v) is 2.93. The normalized spacial score (nSPS) is 21.1. The summed E-state index contributed by atoms with van der Waals surface area (Å²) in [5.41, 5.74) is 0.331. The Morgan fingerprint density at radius 1 is 1.47 bits per heavy atom. The number of carbonyl (C=O) groups excluding carboxylic acids is 1. The number of aromatic nitrogens is 1. The van der Waals surface area contributed by atoms with Crippen LogP contribution in [0.3, 0.4) is 0 Å². The number of hydrogen-bond acceptors (Lipinski definition) is 4. The molecule has 0 spiro atoms. The Kier molecular flexibility index (Phi) is 3.79. The molecule has 0 bridgehead atoms. The van der Waals surface area contributed by atoms with Gasteiger partial charge in [-0.2, -0.15) is 0 Å². The molecule has 1 amide bonds. The number of aliphatic carboxylic acids is 1. The van der Waals surface area contributed by atoms with Crippen LogP contribution in [0.1, 0.15) is 16.8 Å². The molecule has 1 aliphatic rings. The molecule has 0 fully saturated rings. The lowest BCUT2D eigenvalue weighted by Gasteiger charge is -2.13. The van der Waals surface area contributed by atoms with Gasteiger partial charge in [0.2, 0.25) is 5.88 Å². The molecule has 2 rings (SSSR count). The molecule has 2 unspecified atom stereocenters. The summed E-state index contributed by atoms with van der Waals surface area (Å²) in [6.45, 7) is 0. The second kappa shape index (κ2) is 5.51. The largest absolute Gasteiger partial charge is 0.481 e. The van der Waals surface area contributed by atoms with Crippen LogP contribution in [-0.2, 0) is 4.79 Å². The zero-order valence-electron chi connectivity index (χ0n) is 10.4. The van der Waals surface area contributed by atoms with E-state index >= 15 is 0 Å². The van der Waals surface area contributed by atoms with Gasteiger partial charge in [-0.15, -0.1) is 0 Å². The maximum Gasteiger partial charge on any atom is 0.310 e. The Bertz CT molecular complexity index is 527. The number of nitrogens with zero attached hydrogens (tertiary/aromatic N) is 1. The number of carbonyl (C=O) groups is 2. The van der Waals surface area contributed by atoms with Crippen molar-refractivity contribution in [3.05, 3.63) is 36.0 Å². The van der Waals surface area contributed by atoms with E-state index in [0.717, 1.165) is 0 Å². The minimum atomic E-state index is -0.882. The highest BCUT2D eigenvalue weighted by Gasteiger charge is 2.26. The second-order valence-corrected chi connectivity index (χ2v) is 4.21. The molecular formula is C13H14N2O4. The number of rotatable bonds is 4. The minimum absolute atomic E-state index is 0.247. The van der Waals surface area contributed by atoms with Crippen LogP contribution in [-0.4, -0.2) is 35.1 Å². The zero-order chi connectivity index (χ0) is 13.8. The lowest BCUT2D eigenvalue weighted by Crippen LogP contribution is -2.33. The van der Waals surface area contributed by atoms with E-state index in [1.54, 1.807) is 24.3 Å². The first-order valence-electron chi connectivity index (χ1n) is 5.83. The summed E-state index contributed by atoms with van der Waals surface area (Å²) in [5, 5.41) is 11.6. The Balaban J connectivity index is 2.03. The van der Waals surface area contributed by atoms with Crippen LogP contribution in [0.25, 0.3) is 0 Å². The van der Waals surface area contributed by atoms with E-state index in [1.807, 2.05) is 0 Å². The Morgan fingerprint density at radius 2 is 2.26 bits per heavy atom. The van der Waals surface area contributed by atoms with Crippen molar-refractivity contribution in [3.63, 3.8) is 0 Å². The molecule has 1 aromatic heterocycles. The van der Waals surface area contributed by atoms with Crippen molar-refractivity contribution in [2.24, 2.45) is 5.92 Å². The second-order valence-electron chi connectivity index (χ2n) is 4.21. The Hall–Kier alpha value is -2.37. The fourth-order valence-electron chi connectivity index (χ4n) is 1.96. The van der Waals surface area contributed by atoms with E-state index in [-0.39, 0.29) is 17.8 Å². The fourth-order valence-corrected chi connectivity index (χ4v) is 1.96. The topological polar surface area (TPSA) is 88.5 Å². The zero-order valence-corrected chi connectivity index (χ0v) is 10.4. The first-order chi connectivity index (χ1) is 9.11. The average molecular weight is 262 g/mol. The number of nitrogens with one attached hydrogen (secondary N) is 1. The molecule has 0 saturated carbocycles. The molecule has 2 N–H and O–H groups in total. The number of carboxylic acids is 1. The van der Waals surface area contributed by atoms with Gasteiger partial charge in [0.05, 0.1) is 13.0 Å². The van der Waals surface area contributed by atoms with Gasteiger partial charge in [0.1, 0.15) is 5.56 Å². The molecule has 2 atom stereocenters. The molecule has 6 nitrogen and oxygen atoms in total. The van der Waals surface area contributed by atoms with Crippen molar-refractivity contribution < 1.29 is 19.4 Å². The number of ether oxygens (including phenoxy) is 1. The van der Waals surface area contributed by atoms with Crippen molar-refractivity contribution >= 4 is 11.9 Å². The van der Waals surface area contributed by atoms with Crippen LogP contribution < -0.4 is 10.1 Å². The van der Waals surface area contributed by atoms with Crippen molar-refractivity contribution in [1.29, 1.82) is 0 Å². The van der Waals surface area contributed by atoms with E-state index in [0.29, 0.717) is 12.0 Å². The van der Waals surface area contributed by atoms with E-state index < -0.39 is 11.9 Å². The summed E-state index contributed by atoms with van der Waals surface area (Å²) in [5.74, 6) is -1.50. The molecule has 0 aromatic carbocycles. The highest BCUT2D eigenvalue weighted by Crippen LogP contribution is 2.19. The molecular weight excluding hydrogens is 248 g/mol. The third-order valence-electron chi connectivity index (χ3n) is 2.93. The Labute approximate surface area is 110 Å². The van der Waals surface area contributed by atoms with Gasteiger partial charge in [0.15, 0.2) is 0 Å². The molecule has 0 radical (unpaired) electrons. The standard InChI is InChI=1S/C13H14N2O4/c1-19-12-10(3-2-6-14-12)11(16)15-9-5-4-8(7-9)13(17)18/h2-6,8-9H,7H2,1H3,(H,15,16)(H,17,18). The predicted molar refractivity (Wildman–Crippen MR) is 66.9 cm³/mol. The SMILES string of the molecule is COc1ncccc1C(=O)NC1C=CC(C(=O)O)C1. The van der Waals surface area contributed by atoms with Crippen molar-refractivity contribution in [2.75, 3.05) is 7.11 Å². The monoisotopic (exact) mass is 262 g/mol. The molecule has 0 saturated heterocycles. The number of pyridine rings is 1. The van der Waals surface area contributed by atoms with E-state index in [4.69, 9.17) is 9.84 Å². The van der Waals surface area contributed by atoms with Gasteiger partial charge in [-0.05, 0) is 18.6 Å². The molecule has 100 valence electrons. The number of methoxy groups -OCH3 is 1. The third kappa shape index (κ3) is 2.90. The quantitative estimate of drug-likeness (QED) is 0.785. The molecule has 1 aliphatic carbocycles. The summed E-state index contributed by atoms with van der Waals surface area (Å²) in [6.07, 6.45) is 5.18. The smallest absolute Gasteiger partial charge is 0.310 e. The number of hydrogen-bond donors (Lipinski definition) is 2. The van der Waals surface area contributed by atoms with Gasteiger partial charge in [-0.25, -0.2) is 4.98 Å². The van der Waals surface area contributed by atoms with Gasteiger partial charge in [0.25, 0.3) is 5.91 Å². The van der Waals surface area contributed by atoms with Crippen LogP contribution >= 0.6 is 0 Å². The van der Waals surface area contributed by atoms with Crippen LogP contribution in [0.5, 0.6) is 5.88 Å². The molecule has 1 aromatic rings. The number of amides is 1. The lowest BCUT2D eigenvalue weighted by atomic mass is 10.1. The van der Waals surface area contributed by atoms with E-state index in [9.17, 15) is 9.59 Å². The summed E-state index contributed by atoms with van der Waals surface area (Å²) in [6, 6.07) is 2.97. The predicted octanol–water partition coefficient (Wildman–Crippen LogP) is 0.849. The minimum Gasteiger partial charge on any atom is -0.481 e. The van der Waals surface area contributed by atoms with Gasteiger partial charge >= 0.3 is 5.97 Å². The van der Waals surface area contributed by atoms with Gasteiger partial charge in [-0.3, -0.25) is 9.59 Å². The van der Waals surface area contributed by atoms with Crippen LogP contribution in [0.4, 0.5) is 0 Å². The summed E-state index contributed by atoms with van der Waals surface area (Å²) in [4.78, 5) is 26.8. The van der Waals surface area contributed by atoms with Gasteiger partial charge < -0.3 is 15.2 Å². The first kappa shape index (κ1) is 13.1. The maximum atomic E-state index is 12.0. The Morgan fingerprint density at radius 3 is 2.89 bits per heavy atom. The highest BCUT2D eigenvalue weighted by molar-refractivity contribution is 5.96. The summed E-state index contributed by atoms with van der Waals surface area (Å²) >= 11 is 0. The number of carboxylic acid groups (broad SMARTS) is 1. The molecule has 19 heavy (non-hydrogen) atoms. The van der Waals surface area contributed by atoms with Gasteiger partial charge in [0, 0.05) is 12.2 Å². The molecule has 6 heteroatoms. The molecule has 1 heterocycles. The lowest BCUT2D eigenvalue weighted by molar-refractivity contribution is -0.140. The van der Waals surface area contributed by atoms with Crippen molar-refractivity contribution in [1.82, 2.24) is 10.3 Å². The highest BCUT2D eigenvalue weighted by atomic mass is 16.5. The van der Waals surface area contributed by atoms with Crippen LogP contribution in [0.2, 0.25) is 0 Å². The summed E-state index contributed by atoms with van der Waals surface area (Å²) in [7, 11) is 1.44. The van der Waals surface area contributed by atoms with Crippen molar-refractivity contribution in [3.8, 4) is 5.88 Å². The van der Waals surface area contributed by atoms with Crippen molar-refractivity contribution in [2.45, 2.75) is 12.5 Å². The first-order valence-corrected chi connectivity index (χ1v) is 5.83. The summed E-state index contributed by atoms with van der Waals surface area (Å²) < 4.78 is 5.01. The fraction of sp³-hybridized carbons (Fsp3) is 0.308. The molecule has 0 aliphatic heterocycles. The van der Waals surface area contributed by atoms with Crippen LogP contribution in [0, 0.1) is 5.92 Å². The van der Waals surface area contributed by atoms with Gasteiger partial charge in [-0.1, -0.05) is 12.2 Å².